The highest BCUT2D eigenvalue weighted by Gasteiger charge is 2.31. The molecule has 0 radical (unpaired) electrons. The number of aliphatic hydroxyl groups excluding tert-OH is 1. The van der Waals surface area contributed by atoms with Gasteiger partial charge in [0, 0.05) is 19.4 Å². The van der Waals surface area contributed by atoms with Crippen LogP contribution in [0, 0.1) is 0 Å². The lowest BCUT2D eigenvalue weighted by Gasteiger charge is -2.25. The quantitative estimate of drug-likeness (QED) is 0.0501. The zero-order chi connectivity index (χ0) is 30.4. The monoisotopic (exact) mass is 566 g/mol. The van der Waals surface area contributed by atoms with Crippen LogP contribution in [0.15, 0.2) is 29.3 Å². The lowest BCUT2D eigenvalue weighted by atomic mass is 10.0. The largest absolute Gasteiger partial charge is 0.508 e. The summed E-state index contributed by atoms with van der Waals surface area (Å²) in [6.45, 7) is 1.40. The lowest BCUT2D eigenvalue weighted by molar-refractivity contribution is -0.142. The number of hydrogen-bond acceptors (Lipinski definition) is 9. The molecule has 0 heterocycles. The van der Waals surface area contributed by atoms with E-state index in [4.69, 9.17) is 22.9 Å². The van der Waals surface area contributed by atoms with Crippen molar-refractivity contribution in [1.29, 1.82) is 0 Å². The smallest absolute Gasteiger partial charge is 0.326 e. The predicted octanol–water partition coefficient (Wildman–Crippen LogP) is -3.50. The van der Waals surface area contributed by atoms with Crippen LogP contribution in [0.25, 0.3) is 0 Å². The lowest BCUT2D eigenvalue weighted by Crippen LogP contribution is -2.58. The summed E-state index contributed by atoms with van der Waals surface area (Å²) in [7, 11) is 0. The van der Waals surface area contributed by atoms with Crippen LogP contribution in [0.5, 0.6) is 5.75 Å². The number of aliphatic hydroxyl groups is 1. The van der Waals surface area contributed by atoms with Gasteiger partial charge in [-0.05, 0) is 43.9 Å². The number of aliphatic imine (C=N–C) groups is 1. The number of aliphatic carboxylic acids is 1. The molecule has 0 saturated carbocycles. The third-order valence-electron chi connectivity index (χ3n) is 5.70. The Balaban J connectivity index is 3.19. The Morgan fingerprint density at radius 2 is 1.43 bits per heavy atom. The van der Waals surface area contributed by atoms with Gasteiger partial charge in [-0.3, -0.25) is 24.2 Å². The van der Waals surface area contributed by atoms with Gasteiger partial charge in [-0.2, -0.15) is 0 Å². The van der Waals surface area contributed by atoms with Gasteiger partial charge in [0.25, 0.3) is 0 Å². The van der Waals surface area contributed by atoms with Gasteiger partial charge >= 0.3 is 5.97 Å². The number of aromatic hydroxyl groups is 1. The van der Waals surface area contributed by atoms with E-state index in [1.165, 1.54) is 31.2 Å². The van der Waals surface area contributed by atoms with Gasteiger partial charge in [-0.15, -0.1) is 0 Å². The summed E-state index contributed by atoms with van der Waals surface area (Å²) in [5.74, 6) is -4.90. The van der Waals surface area contributed by atoms with Crippen LogP contribution in [0.2, 0.25) is 0 Å². The topological polar surface area (TPSA) is 299 Å². The van der Waals surface area contributed by atoms with Gasteiger partial charge in [0.15, 0.2) is 5.96 Å². The molecule has 222 valence electrons. The number of nitrogens with zero attached hydrogens (tertiary/aromatic N) is 1. The molecular weight excluding hydrogens is 528 g/mol. The van der Waals surface area contributed by atoms with Crippen molar-refractivity contribution in [1.82, 2.24) is 16.0 Å². The number of guanidine groups is 1. The Kier molecular flexibility index (Phi) is 13.9. The zero-order valence-electron chi connectivity index (χ0n) is 22.1. The Bertz CT molecular complexity index is 1060. The van der Waals surface area contributed by atoms with Crippen LogP contribution in [0.4, 0.5) is 0 Å². The van der Waals surface area contributed by atoms with Crippen molar-refractivity contribution in [3.8, 4) is 5.75 Å². The number of nitrogens with two attached hydrogens (primary N) is 4. The SMILES string of the molecule is CC(O)C(N)C(=O)NC(Cc1ccc(O)cc1)C(=O)NC(CCCN=C(N)N)C(=O)NC(CCC(N)=O)C(=O)O. The molecule has 4 amide bonds. The molecule has 0 bridgehead atoms. The van der Waals surface area contributed by atoms with E-state index in [-0.39, 0.29) is 50.4 Å². The molecule has 14 N–H and O–H groups in total. The van der Waals surface area contributed by atoms with Gasteiger partial charge < -0.3 is 54.2 Å². The van der Waals surface area contributed by atoms with Gasteiger partial charge in [-0.1, -0.05) is 12.1 Å². The van der Waals surface area contributed by atoms with E-state index >= 15 is 0 Å². The second-order valence-electron chi connectivity index (χ2n) is 9.11. The first-order valence-corrected chi connectivity index (χ1v) is 12.4. The molecule has 16 nitrogen and oxygen atoms in total. The van der Waals surface area contributed by atoms with E-state index < -0.39 is 59.9 Å². The Hall–Kier alpha value is -4.44. The van der Waals surface area contributed by atoms with Crippen molar-refractivity contribution in [2.24, 2.45) is 27.9 Å². The number of carboxylic acid groups (broad SMARTS) is 1. The molecule has 0 aliphatic heterocycles. The molecule has 1 aromatic carbocycles. The number of hydrogen-bond donors (Lipinski definition) is 10. The second-order valence-corrected chi connectivity index (χ2v) is 9.11. The number of phenolic OH excluding ortho intramolecular Hbond substituents is 1. The number of carbonyl (C=O) groups is 5. The maximum absolute atomic E-state index is 13.3. The normalized spacial score (nSPS) is 14.5. The predicted molar refractivity (Wildman–Crippen MR) is 143 cm³/mol. The molecule has 0 spiro atoms. The highest BCUT2D eigenvalue weighted by Crippen LogP contribution is 2.12. The fourth-order valence-electron chi connectivity index (χ4n) is 3.43. The van der Waals surface area contributed by atoms with Crippen molar-refractivity contribution in [3.05, 3.63) is 29.8 Å². The first-order chi connectivity index (χ1) is 18.7. The average molecular weight is 567 g/mol. The summed E-state index contributed by atoms with van der Waals surface area (Å²) in [6.07, 6.45) is -1.70. The molecule has 1 aromatic rings. The molecule has 5 atom stereocenters. The molecule has 5 unspecified atom stereocenters. The Morgan fingerprint density at radius 3 is 1.95 bits per heavy atom. The summed E-state index contributed by atoms with van der Waals surface area (Å²) in [6, 6.07) is 0.417. The average Bonchev–Trinajstić information content (AvgIpc) is 2.87. The molecule has 1 rings (SSSR count). The zero-order valence-corrected chi connectivity index (χ0v) is 22.1. The van der Waals surface area contributed by atoms with Crippen molar-refractivity contribution in [2.75, 3.05) is 6.54 Å². The first kappa shape index (κ1) is 33.6. The molecule has 40 heavy (non-hydrogen) atoms. The van der Waals surface area contributed by atoms with E-state index in [0.717, 1.165) is 0 Å². The molecule has 0 aliphatic carbocycles. The molecular formula is C24H38N8O8. The van der Waals surface area contributed by atoms with E-state index in [2.05, 4.69) is 20.9 Å². The maximum Gasteiger partial charge on any atom is 0.326 e. The van der Waals surface area contributed by atoms with Gasteiger partial charge in [-0.25, -0.2) is 4.79 Å². The van der Waals surface area contributed by atoms with Crippen LogP contribution < -0.4 is 38.9 Å². The number of benzene rings is 1. The summed E-state index contributed by atoms with van der Waals surface area (Å²) in [5.41, 5.74) is 21.9. The van der Waals surface area contributed by atoms with Gasteiger partial charge in [0.05, 0.1) is 6.10 Å². The van der Waals surface area contributed by atoms with E-state index in [9.17, 15) is 39.3 Å². The highest BCUT2D eigenvalue weighted by atomic mass is 16.4. The van der Waals surface area contributed by atoms with Gasteiger partial charge in [0.2, 0.25) is 23.6 Å². The minimum absolute atomic E-state index is 0.0215. The van der Waals surface area contributed by atoms with Gasteiger partial charge in [0.1, 0.15) is 29.9 Å². The molecule has 0 saturated heterocycles. The van der Waals surface area contributed by atoms with E-state index in [1.54, 1.807) is 0 Å². The van der Waals surface area contributed by atoms with E-state index in [0.29, 0.717) is 5.56 Å². The number of phenols is 1. The van der Waals surface area contributed by atoms with Crippen LogP contribution in [0.1, 0.15) is 38.2 Å². The van der Waals surface area contributed by atoms with Crippen LogP contribution in [-0.4, -0.2) is 87.7 Å². The second kappa shape index (κ2) is 16.5. The number of amides is 4. The Morgan fingerprint density at radius 1 is 0.875 bits per heavy atom. The number of primary amides is 1. The molecule has 0 fully saturated rings. The maximum atomic E-state index is 13.3. The minimum Gasteiger partial charge on any atom is -0.508 e. The van der Waals surface area contributed by atoms with Crippen LogP contribution >= 0.6 is 0 Å². The summed E-state index contributed by atoms with van der Waals surface area (Å²) in [5, 5.41) is 35.9. The van der Waals surface area contributed by atoms with E-state index in [1.807, 2.05) is 0 Å². The number of carboxylic acids is 1. The summed E-state index contributed by atoms with van der Waals surface area (Å²) in [4.78, 5) is 65.4. The van der Waals surface area contributed by atoms with Crippen molar-refractivity contribution in [3.63, 3.8) is 0 Å². The fraction of sp³-hybridized carbons (Fsp3) is 0.500. The summed E-state index contributed by atoms with van der Waals surface area (Å²) < 4.78 is 0. The standard InChI is InChI=1S/C24H38N8O8/c1-12(33)19(26)22(38)32-17(11-13-4-6-14(34)7-5-13)21(37)30-15(3-2-10-29-24(27)28)20(36)31-16(23(39)40)8-9-18(25)35/h4-7,12,15-17,19,33-34H,2-3,8-11,26H2,1H3,(H2,25,35)(H,30,37)(H,31,36)(H,32,38)(H,39,40)(H4,27,28,29). The van der Waals surface area contributed by atoms with Crippen LogP contribution in [-0.2, 0) is 30.4 Å². The van der Waals surface area contributed by atoms with Crippen molar-refractivity contribution in [2.45, 2.75) is 69.3 Å². The molecule has 0 aromatic heterocycles. The number of rotatable bonds is 17. The number of nitrogens with one attached hydrogen (secondary N) is 3. The van der Waals surface area contributed by atoms with Crippen molar-refractivity contribution >= 4 is 35.6 Å². The molecule has 16 heteroatoms. The van der Waals surface area contributed by atoms with Crippen molar-refractivity contribution < 1.29 is 39.3 Å². The summed E-state index contributed by atoms with van der Waals surface area (Å²) >= 11 is 0. The highest BCUT2D eigenvalue weighted by molar-refractivity contribution is 5.94. The van der Waals surface area contributed by atoms with Crippen LogP contribution in [0.3, 0.4) is 0 Å². The Labute approximate surface area is 230 Å². The first-order valence-electron chi connectivity index (χ1n) is 12.4. The third kappa shape index (κ3) is 12.4. The molecule has 0 aliphatic rings. The number of carbonyl (C=O) groups excluding carboxylic acids is 4. The minimum atomic E-state index is -1.46. The fourth-order valence-corrected chi connectivity index (χ4v) is 3.43. The third-order valence-corrected chi connectivity index (χ3v) is 5.70.